The molecule has 0 bridgehead atoms. The summed E-state index contributed by atoms with van der Waals surface area (Å²) in [5.41, 5.74) is 2.32. The van der Waals surface area contributed by atoms with Crippen molar-refractivity contribution < 1.29 is 0 Å². The van der Waals surface area contributed by atoms with Crippen LogP contribution in [0.2, 0.25) is 0 Å². The second kappa shape index (κ2) is 3.88. The average Bonchev–Trinajstić information content (AvgIpc) is 2.72. The van der Waals surface area contributed by atoms with Crippen molar-refractivity contribution in [3.63, 3.8) is 0 Å². The van der Waals surface area contributed by atoms with Crippen molar-refractivity contribution in [3.8, 4) is 23.5 Å². The fourth-order valence-corrected chi connectivity index (χ4v) is 1.46. The zero-order chi connectivity index (χ0) is 11.5. The van der Waals surface area contributed by atoms with Crippen LogP contribution in [0.5, 0.6) is 0 Å². The van der Waals surface area contributed by atoms with Gasteiger partial charge in [-0.1, -0.05) is 23.8 Å². The third-order valence-electron chi connectivity index (χ3n) is 2.21. The van der Waals surface area contributed by atoms with Gasteiger partial charge in [0.2, 0.25) is 0 Å². The van der Waals surface area contributed by atoms with Gasteiger partial charge < -0.3 is 4.98 Å². The number of nitrogens with one attached hydrogen (secondary N) is 1. The van der Waals surface area contributed by atoms with E-state index in [0.717, 1.165) is 11.1 Å². The summed E-state index contributed by atoms with van der Waals surface area (Å²) in [7, 11) is 0. The number of benzene rings is 1. The van der Waals surface area contributed by atoms with Gasteiger partial charge in [-0.15, -0.1) is 0 Å². The summed E-state index contributed by atoms with van der Waals surface area (Å²) in [5.74, 6) is 0.553. The minimum atomic E-state index is 0.138. The van der Waals surface area contributed by atoms with Crippen LogP contribution >= 0.6 is 0 Å². The summed E-state index contributed by atoms with van der Waals surface area (Å²) in [6, 6.07) is 11.5. The lowest BCUT2D eigenvalue weighted by Crippen LogP contribution is -1.81. The summed E-state index contributed by atoms with van der Waals surface area (Å²) in [6.07, 6.45) is 0. The molecule has 76 valence electrons. The number of hydrogen-bond donors (Lipinski definition) is 1. The van der Waals surface area contributed by atoms with Crippen LogP contribution in [0, 0.1) is 29.6 Å². The number of imidazole rings is 1. The van der Waals surface area contributed by atoms with Crippen LogP contribution in [0.15, 0.2) is 24.3 Å². The summed E-state index contributed by atoms with van der Waals surface area (Å²) >= 11 is 0. The number of rotatable bonds is 1. The molecule has 1 N–H and O–H groups in total. The highest BCUT2D eigenvalue weighted by molar-refractivity contribution is 5.59. The third-order valence-corrected chi connectivity index (χ3v) is 2.21. The Labute approximate surface area is 92.8 Å². The number of aromatic amines is 1. The van der Waals surface area contributed by atoms with E-state index in [1.165, 1.54) is 0 Å². The molecule has 0 atom stereocenters. The van der Waals surface area contributed by atoms with Crippen LogP contribution < -0.4 is 0 Å². The standard InChI is InChI=1S/C12H8N4/c1-8-3-2-4-9(5-8)12-15-10(6-13)11(7-14)16-12/h2-5H,1H3,(H,15,16). The third kappa shape index (κ3) is 1.65. The molecule has 0 aliphatic heterocycles. The molecule has 0 saturated heterocycles. The molecule has 4 nitrogen and oxygen atoms in total. The van der Waals surface area contributed by atoms with E-state index in [4.69, 9.17) is 10.5 Å². The zero-order valence-corrected chi connectivity index (χ0v) is 8.65. The first kappa shape index (κ1) is 9.95. The molecule has 0 aliphatic rings. The Morgan fingerprint density at radius 2 is 2.06 bits per heavy atom. The van der Waals surface area contributed by atoms with Crippen LogP contribution in [0.25, 0.3) is 11.4 Å². The van der Waals surface area contributed by atoms with E-state index >= 15 is 0 Å². The van der Waals surface area contributed by atoms with E-state index in [9.17, 15) is 0 Å². The first-order chi connectivity index (χ1) is 7.74. The van der Waals surface area contributed by atoms with Gasteiger partial charge in [0.05, 0.1) is 0 Å². The molecule has 1 aromatic carbocycles. The smallest absolute Gasteiger partial charge is 0.177 e. The van der Waals surface area contributed by atoms with Crippen molar-refractivity contribution >= 4 is 0 Å². The van der Waals surface area contributed by atoms with Gasteiger partial charge in [0.1, 0.15) is 18.0 Å². The molecule has 1 aromatic heterocycles. The van der Waals surface area contributed by atoms with Crippen LogP contribution in [0.4, 0.5) is 0 Å². The molecule has 16 heavy (non-hydrogen) atoms. The van der Waals surface area contributed by atoms with Crippen molar-refractivity contribution in [1.29, 1.82) is 10.5 Å². The van der Waals surface area contributed by atoms with Gasteiger partial charge >= 0.3 is 0 Å². The fourth-order valence-electron chi connectivity index (χ4n) is 1.46. The maximum absolute atomic E-state index is 8.79. The maximum atomic E-state index is 8.79. The normalized spacial score (nSPS) is 9.44. The highest BCUT2D eigenvalue weighted by Gasteiger charge is 2.10. The minimum absolute atomic E-state index is 0.138. The van der Waals surface area contributed by atoms with E-state index in [1.807, 2.05) is 43.3 Å². The van der Waals surface area contributed by atoms with Gasteiger partial charge in [-0.2, -0.15) is 10.5 Å². The number of aryl methyl sites for hydroxylation is 1. The Morgan fingerprint density at radius 3 is 2.62 bits per heavy atom. The Bertz CT molecular complexity index is 579. The van der Waals surface area contributed by atoms with Crippen molar-refractivity contribution in [2.24, 2.45) is 0 Å². The number of H-pyrrole nitrogens is 1. The Kier molecular flexibility index (Phi) is 2.41. The number of nitrogens with zero attached hydrogens (tertiary/aromatic N) is 3. The summed E-state index contributed by atoms with van der Waals surface area (Å²) in [4.78, 5) is 6.90. The van der Waals surface area contributed by atoms with E-state index in [1.54, 1.807) is 0 Å². The summed E-state index contributed by atoms with van der Waals surface area (Å²) < 4.78 is 0. The predicted molar refractivity (Wildman–Crippen MR) is 58.2 cm³/mol. The Balaban J connectivity index is 2.55. The van der Waals surface area contributed by atoms with Crippen LogP contribution in [0.1, 0.15) is 17.0 Å². The van der Waals surface area contributed by atoms with Crippen molar-refractivity contribution in [1.82, 2.24) is 9.97 Å². The minimum Gasteiger partial charge on any atom is -0.329 e. The van der Waals surface area contributed by atoms with Gasteiger partial charge in [0.15, 0.2) is 11.4 Å². The molecule has 0 fully saturated rings. The van der Waals surface area contributed by atoms with E-state index in [2.05, 4.69) is 9.97 Å². The van der Waals surface area contributed by atoms with Gasteiger partial charge in [0.25, 0.3) is 0 Å². The van der Waals surface area contributed by atoms with Gasteiger partial charge in [-0.25, -0.2) is 4.98 Å². The molecule has 2 rings (SSSR count). The lowest BCUT2D eigenvalue weighted by Gasteiger charge is -1.97. The Morgan fingerprint density at radius 1 is 1.25 bits per heavy atom. The molecule has 0 spiro atoms. The van der Waals surface area contributed by atoms with Gasteiger partial charge in [0, 0.05) is 5.56 Å². The second-order valence-electron chi connectivity index (χ2n) is 3.40. The lowest BCUT2D eigenvalue weighted by atomic mass is 10.1. The summed E-state index contributed by atoms with van der Waals surface area (Å²) in [6.45, 7) is 1.98. The molecule has 0 radical (unpaired) electrons. The van der Waals surface area contributed by atoms with E-state index in [-0.39, 0.29) is 11.4 Å². The molecule has 4 heteroatoms. The van der Waals surface area contributed by atoms with Crippen LogP contribution in [-0.4, -0.2) is 9.97 Å². The first-order valence-corrected chi connectivity index (χ1v) is 4.72. The SMILES string of the molecule is Cc1cccc(-c2nc(C#N)c(C#N)[nH]2)c1. The lowest BCUT2D eigenvalue weighted by molar-refractivity contribution is 1.28. The molecule has 0 aliphatic carbocycles. The first-order valence-electron chi connectivity index (χ1n) is 4.72. The second-order valence-corrected chi connectivity index (χ2v) is 3.40. The van der Waals surface area contributed by atoms with Crippen molar-refractivity contribution in [2.45, 2.75) is 6.92 Å². The number of nitriles is 2. The number of hydrogen-bond acceptors (Lipinski definition) is 3. The van der Waals surface area contributed by atoms with Crippen molar-refractivity contribution in [2.75, 3.05) is 0 Å². The van der Waals surface area contributed by atoms with Gasteiger partial charge in [-0.3, -0.25) is 0 Å². The molecule has 0 saturated carbocycles. The largest absolute Gasteiger partial charge is 0.329 e. The topological polar surface area (TPSA) is 76.3 Å². The molecule has 0 amide bonds. The highest BCUT2D eigenvalue weighted by atomic mass is 14.9. The van der Waals surface area contributed by atoms with Gasteiger partial charge in [-0.05, 0) is 13.0 Å². The average molecular weight is 208 g/mol. The molecule has 2 aromatic rings. The fraction of sp³-hybridized carbons (Fsp3) is 0.0833. The van der Waals surface area contributed by atoms with E-state index in [0.29, 0.717) is 5.82 Å². The predicted octanol–water partition coefficient (Wildman–Crippen LogP) is 2.13. The maximum Gasteiger partial charge on any atom is 0.177 e. The molecule has 1 heterocycles. The summed E-state index contributed by atoms with van der Waals surface area (Å²) in [5, 5.41) is 17.6. The highest BCUT2D eigenvalue weighted by Crippen LogP contribution is 2.18. The number of aromatic nitrogens is 2. The molecular formula is C12H8N4. The monoisotopic (exact) mass is 208 g/mol. The van der Waals surface area contributed by atoms with Crippen molar-refractivity contribution in [3.05, 3.63) is 41.2 Å². The Hall–Kier alpha value is -2.59. The zero-order valence-electron chi connectivity index (χ0n) is 8.65. The molecular weight excluding hydrogens is 200 g/mol. The molecule has 0 unspecified atom stereocenters. The van der Waals surface area contributed by atoms with E-state index < -0.39 is 0 Å². The quantitative estimate of drug-likeness (QED) is 0.779. The van der Waals surface area contributed by atoms with Crippen LogP contribution in [0.3, 0.4) is 0 Å². The van der Waals surface area contributed by atoms with Crippen LogP contribution in [-0.2, 0) is 0 Å².